The van der Waals surface area contributed by atoms with Gasteiger partial charge in [-0.2, -0.15) is 0 Å². The molecule has 2 fully saturated rings. The van der Waals surface area contributed by atoms with Crippen LogP contribution in [-0.4, -0.2) is 28.0 Å². The van der Waals surface area contributed by atoms with Crippen LogP contribution in [-0.2, 0) is 6.42 Å². The average Bonchev–Trinajstić information content (AvgIpc) is 2.83. The number of aliphatic hydroxyl groups excluding tert-OH is 2. The van der Waals surface area contributed by atoms with Crippen LogP contribution in [0.25, 0.3) is 0 Å². The van der Waals surface area contributed by atoms with Crippen LogP contribution < -0.4 is 0 Å². The van der Waals surface area contributed by atoms with Crippen LogP contribution in [0.15, 0.2) is 18.2 Å². The molecular weight excluding hydrogens is 288 g/mol. The number of aryl methyl sites for hydroxylation is 1. The summed E-state index contributed by atoms with van der Waals surface area (Å²) in [7, 11) is 0. The molecule has 23 heavy (non-hydrogen) atoms. The average molecular weight is 318 g/mol. The van der Waals surface area contributed by atoms with Crippen LogP contribution in [0, 0.1) is 17.3 Å². The van der Waals surface area contributed by atoms with Crippen LogP contribution in [0.2, 0.25) is 0 Å². The Balaban J connectivity index is 0.000000485. The maximum Gasteiger partial charge on any atom is 0.115 e. The molecule has 0 bridgehead atoms. The summed E-state index contributed by atoms with van der Waals surface area (Å²) in [6.45, 7) is 4.25. The van der Waals surface area contributed by atoms with Crippen molar-refractivity contribution in [2.45, 2.75) is 64.4 Å². The molecule has 3 N–H and O–H groups in total. The highest BCUT2D eigenvalue weighted by Gasteiger charge is 2.54. The Hall–Kier alpha value is -1.06. The van der Waals surface area contributed by atoms with Crippen molar-refractivity contribution in [3.05, 3.63) is 29.3 Å². The van der Waals surface area contributed by atoms with Crippen molar-refractivity contribution >= 4 is 0 Å². The Morgan fingerprint density at radius 2 is 1.91 bits per heavy atom. The second-order valence-electron chi connectivity index (χ2n) is 7.75. The van der Waals surface area contributed by atoms with Crippen molar-refractivity contribution in [2.24, 2.45) is 17.3 Å². The minimum atomic E-state index is -0.0883. The highest BCUT2D eigenvalue weighted by molar-refractivity contribution is 5.40. The SMILES string of the molecule is CC12CCC3c4ccc(O)cc4CCC3C1CCC2O.CCO. The largest absolute Gasteiger partial charge is 0.508 e. The van der Waals surface area contributed by atoms with Gasteiger partial charge in [0.25, 0.3) is 0 Å². The number of aromatic hydroxyl groups is 1. The van der Waals surface area contributed by atoms with Gasteiger partial charge in [0.15, 0.2) is 0 Å². The molecule has 5 unspecified atom stereocenters. The first kappa shape index (κ1) is 16.8. The van der Waals surface area contributed by atoms with Gasteiger partial charge < -0.3 is 15.3 Å². The maximum absolute atomic E-state index is 10.4. The van der Waals surface area contributed by atoms with Gasteiger partial charge in [0.05, 0.1) is 6.10 Å². The summed E-state index contributed by atoms with van der Waals surface area (Å²) >= 11 is 0. The second-order valence-corrected chi connectivity index (χ2v) is 7.75. The molecule has 2 saturated carbocycles. The normalized spacial score (nSPS) is 37.9. The van der Waals surface area contributed by atoms with Crippen molar-refractivity contribution in [3.63, 3.8) is 0 Å². The topological polar surface area (TPSA) is 60.7 Å². The van der Waals surface area contributed by atoms with Gasteiger partial charge >= 0.3 is 0 Å². The van der Waals surface area contributed by atoms with E-state index in [-0.39, 0.29) is 18.1 Å². The van der Waals surface area contributed by atoms with Crippen molar-refractivity contribution in [1.29, 1.82) is 0 Å². The fourth-order valence-electron chi connectivity index (χ4n) is 5.54. The van der Waals surface area contributed by atoms with E-state index in [0.29, 0.717) is 17.6 Å². The van der Waals surface area contributed by atoms with E-state index in [0.717, 1.165) is 25.2 Å². The molecule has 3 aliphatic carbocycles. The number of phenolic OH excluding ortho intramolecular Hbond substituents is 1. The third-order valence-electron chi connectivity index (χ3n) is 6.66. The molecule has 3 heteroatoms. The third kappa shape index (κ3) is 2.78. The molecule has 0 heterocycles. The number of aliphatic hydroxyl groups is 2. The van der Waals surface area contributed by atoms with Crippen molar-refractivity contribution < 1.29 is 15.3 Å². The molecule has 128 valence electrons. The summed E-state index contributed by atoms with van der Waals surface area (Å²) in [5.74, 6) is 2.49. The van der Waals surface area contributed by atoms with Gasteiger partial charge in [0.2, 0.25) is 0 Å². The standard InChI is InChI=1S/C18H24O2.C2H6O/c1-18-9-8-14-13-5-3-12(19)10-11(13)2-4-15(14)16(18)6-7-17(18)20;1-2-3/h3,5,10,14-17,19-20H,2,4,6-9H2,1H3;3H,2H2,1H3. The first-order chi connectivity index (χ1) is 11.0. The predicted molar refractivity (Wildman–Crippen MR) is 91.5 cm³/mol. The Morgan fingerprint density at radius 1 is 1.17 bits per heavy atom. The lowest BCUT2D eigenvalue weighted by molar-refractivity contribution is -0.0226. The van der Waals surface area contributed by atoms with E-state index in [4.69, 9.17) is 5.11 Å². The van der Waals surface area contributed by atoms with Gasteiger partial charge in [-0.05, 0) is 91.9 Å². The van der Waals surface area contributed by atoms with E-state index in [2.05, 4.69) is 13.0 Å². The number of hydrogen-bond donors (Lipinski definition) is 3. The van der Waals surface area contributed by atoms with Gasteiger partial charge in [0.1, 0.15) is 5.75 Å². The smallest absolute Gasteiger partial charge is 0.115 e. The minimum Gasteiger partial charge on any atom is -0.508 e. The second kappa shape index (κ2) is 6.45. The molecule has 0 saturated heterocycles. The van der Waals surface area contributed by atoms with E-state index in [1.165, 1.54) is 30.4 Å². The minimum absolute atomic E-state index is 0.0883. The molecule has 4 rings (SSSR count). The first-order valence-corrected chi connectivity index (χ1v) is 9.12. The molecule has 3 nitrogen and oxygen atoms in total. The molecule has 0 spiro atoms. The Bertz CT molecular complexity index is 556. The van der Waals surface area contributed by atoms with Gasteiger partial charge in [0, 0.05) is 6.61 Å². The molecule has 0 amide bonds. The lowest BCUT2D eigenvalue weighted by atomic mass is 9.55. The van der Waals surface area contributed by atoms with E-state index in [9.17, 15) is 10.2 Å². The zero-order chi connectivity index (χ0) is 16.6. The van der Waals surface area contributed by atoms with Crippen LogP contribution >= 0.6 is 0 Å². The van der Waals surface area contributed by atoms with Crippen molar-refractivity contribution in [2.75, 3.05) is 6.61 Å². The highest BCUT2D eigenvalue weighted by Crippen LogP contribution is 2.60. The number of rotatable bonds is 0. The maximum atomic E-state index is 10.4. The van der Waals surface area contributed by atoms with E-state index in [1.807, 2.05) is 12.1 Å². The zero-order valence-electron chi connectivity index (χ0n) is 14.3. The number of benzene rings is 1. The monoisotopic (exact) mass is 318 g/mol. The molecule has 3 aliphatic rings. The zero-order valence-corrected chi connectivity index (χ0v) is 14.3. The molecular formula is C20H30O3. The molecule has 0 aromatic heterocycles. The van der Waals surface area contributed by atoms with Crippen molar-refractivity contribution in [1.82, 2.24) is 0 Å². The number of hydrogen-bond acceptors (Lipinski definition) is 3. The first-order valence-electron chi connectivity index (χ1n) is 9.12. The van der Waals surface area contributed by atoms with E-state index < -0.39 is 0 Å². The Morgan fingerprint density at radius 3 is 2.65 bits per heavy atom. The lowest BCUT2D eigenvalue weighted by Gasteiger charge is -2.50. The quantitative estimate of drug-likeness (QED) is 0.685. The van der Waals surface area contributed by atoms with Crippen LogP contribution in [0.4, 0.5) is 0 Å². The van der Waals surface area contributed by atoms with Gasteiger partial charge in [-0.15, -0.1) is 0 Å². The third-order valence-corrected chi connectivity index (χ3v) is 6.66. The molecule has 0 aliphatic heterocycles. The predicted octanol–water partition coefficient (Wildman–Crippen LogP) is 3.61. The van der Waals surface area contributed by atoms with Crippen LogP contribution in [0.5, 0.6) is 5.75 Å². The summed E-state index contributed by atoms with van der Waals surface area (Å²) < 4.78 is 0. The van der Waals surface area contributed by atoms with Crippen LogP contribution in [0.3, 0.4) is 0 Å². The summed E-state index contributed by atoms with van der Waals surface area (Å²) in [4.78, 5) is 0. The summed E-state index contributed by atoms with van der Waals surface area (Å²) in [6, 6.07) is 5.96. The van der Waals surface area contributed by atoms with E-state index in [1.54, 1.807) is 6.92 Å². The van der Waals surface area contributed by atoms with Crippen LogP contribution in [0.1, 0.15) is 63.0 Å². The Kier molecular flexibility index (Phi) is 4.70. The van der Waals surface area contributed by atoms with Crippen molar-refractivity contribution in [3.8, 4) is 5.75 Å². The number of phenols is 1. The number of fused-ring (bicyclic) bond motifs is 5. The fraction of sp³-hybridized carbons (Fsp3) is 0.700. The molecule has 1 aromatic carbocycles. The molecule has 0 radical (unpaired) electrons. The van der Waals surface area contributed by atoms with Gasteiger partial charge in [-0.3, -0.25) is 0 Å². The highest BCUT2D eigenvalue weighted by atomic mass is 16.3. The van der Waals surface area contributed by atoms with Gasteiger partial charge in [-0.1, -0.05) is 13.0 Å². The Labute approximate surface area is 139 Å². The molecule has 1 aromatic rings. The molecule has 5 atom stereocenters. The van der Waals surface area contributed by atoms with E-state index >= 15 is 0 Å². The summed E-state index contributed by atoms with van der Waals surface area (Å²) in [5.41, 5.74) is 2.99. The fourth-order valence-corrected chi connectivity index (χ4v) is 5.54. The summed E-state index contributed by atoms with van der Waals surface area (Å²) in [5, 5.41) is 27.6. The van der Waals surface area contributed by atoms with Gasteiger partial charge in [-0.25, -0.2) is 0 Å². The summed E-state index contributed by atoms with van der Waals surface area (Å²) in [6.07, 6.45) is 6.78. The lowest BCUT2D eigenvalue weighted by Crippen LogP contribution is -2.43.